The summed E-state index contributed by atoms with van der Waals surface area (Å²) in [6.45, 7) is 10.0. The SMILES string of the molecule is CC(=O)C1N(C(C)=O)CC(C)C1(C)C. The number of carbonyl (C=O) groups excluding carboxylic acids is 2. The highest BCUT2D eigenvalue weighted by Crippen LogP contribution is 2.41. The average molecular weight is 197 g/mol. The third kappa shape index (κ3) is 1.56. The van der Waals surface area contributed by atoms with Crippen LogP contribution in [-0.2, 0) is 9.59 Å². The van der Waals surface area contributed by atoms with E-state index in [0.29, 0.717) is 12.5 Å². The molecule has 80 valence electrons. The molecule has 0 aromatic heterocycles. The molecule has 2 atom stereocenters. The molecule has 2 unspecified atom stereocenters. The molecule has 1 rings (SSSR count). The maximum Gasteiger partial charge on any atom is 0.220 e. The number of amides is 1. The number of likely N-dealkylation sites (tertiary alicyclic amines) is 1. The van der Waals surface area contributed by atoms with E-state index in [0.717, 1.165) is 0 Å². The van der Waals surface area contributed by atoms with E-state index in [2.05, 4.69) is 20.8 Å². The van der Waals surface area contributed by atoms with Crippen LogP contribution < -0.4 is 0 Å². The van der Waals surface area contributed by atoms with E-state index >= 15 is 0 Å². The summed E-state index contributed by atoms with van der Waals surface area (Å²) in [7, 11) is 0. The zero-order chi connectivity index (χ0) is 11.1. The Morgan fingerprint density at radius 1 is 1.29 bits per heavy atom. The highest BCUT2D eigenvalue weighted by atomic mass is 16.2. The molecule has 1 amide bonds. The van der Waals surface area contributed by atoms with Gasteiger partial charge in [-0.2, -0.15) is 0 Å². The van der Waals surface area contributed by atoms with Gasteiger partial charge in [0, 0.05) is 13.5 Å². The first kappa shape index (κ1) is 11.2. The Balaban J connectivity index is 3.04. The smallest absolute Gasteiger partial charge is 0.220 e. The van der Waals surface area contributed by atoms with Crippen molar-refractivity contribution in [2.24, 2.45) is 11.3 Å². The van der Waals surface area contributed by atoms with E-state index in [1.54, 1.807) is 11.8 Å². The number of Topliss-reactive ketones (excluding diaryl/α,β-unsaturated/α-hetero) is 1. The van der Waals surface area contributed by atoms with Crippen molar-refractivity contribution >= 4 is 11.7 Å². The number of ketones is 1. The quantitative estimate of drug-likeness (QED) is 0.638. The first-order valence-electron chi connectivity index (χ1n) is 5.06. The maximum absolute atomic E-state index is 11.5. The van der Waals surface area contributed by atoms with Crippen molar-refractivity contribution in [3.05, 3.63) is 0 Å². The second-order valence-corrected chi connectivity index (χ2v) is 4.91. The lowest BCUT2D eigenvalue weighted by Gasteiger charge is -2.31. The molecule has 0 radical (unpaired) electrons. The van der Waals surface area contributed by atoms with Gasteiger partial charge in [-0.05, 0) is 18.3 Å². The van der Waals surface area contributed by atoms with Crippen molar-refractivity contribution < 1.29 is 9.59 Å². The summed E-state index contributed by atoms with van der Waals surface area (Å²) in [5, 5.41) is 0. The largest absolute Gasteiger partial charge is 0.332 e. The summed E-state index contributed by atoms with van der Waals surface area (Å²) >= 11 is 0. The number of hydrogen-bond acceptors (Lipinski definition) is 2. The molecule has 14 heavy (non-hydrogen) atoms. The van der Waals surface area contributed by atoms with Gasteiger partial charge in [0.15, 0.2) is 5.78 Å². The van der Waals surface area contributed by atoms with Gasteiger partial charge in [0.2, 0.25) is 5.91 Å². The molecule has 0 spiro atoms. The molecule has 1 heterocycles. The van der Waals surface area contributed by atoms with E-state index in [9.17, 15) is 9.59 Å². The highest BCUT2D eigenvalue weighted by molar-refractivity contribution is 5.88. The fourth-order valence-electron chi connectivity index (χ4n) is 2.36. The van der Waals surface area contributed by atoms with Crippen LogP contribution >= 0.6 is 0 Å². The van der Waals surface area contributed by atoms with E-state index < -0.39 is 0 Å². The minimum Gasteiger partial charge on any atom is -0.332 e. The average Bonchev–Trinajstić information content (AvgIpc) is 2.23. The molecule has 1 fully saturated rings. The summed E-state index contributed by atoms with van der Waals surface area (Å²) in [6, 6.07) is -0.241. The maximum atomic E-state index is 11.5. The zero-order valence-electron chi connectivity index (χ0n) is 9.63. The molecule has 1 aliphatic rings. The normalized spacial score (nSPS) is 30.5. The number of hydrogen-bond donors (Lipinski definition) is 0. The molecule has 1 saturated heterocycles. The standard InChI is InChI=1S/C11H19NO2/c1-7-6-12(9(3)14)10(8(2)13)11(7,4)5/h7,10H,6H2,1-5H3. The summed E-state index contributed by atoms with van der Waals surface area (Å²) in [5.74, 6) is 0.470. The molecule has 0 N–H and O–H groups in total. The monoisotopic (exact) mass is 197 g/mol. The van der Waals surface area contributed by atoms with Crippen molar-refractivity contribution in [2.45, 2.75) is 40.7 Å². The van der Waals surface area contributed by atoms with E-state index in [1.165, 1.54) is 6.92 Å². The van der Waals surface area contributed by atoms with Crippen molar-refractivity contribution in [1.29, 1.82) is 0 Å². The van der Waals surface area contributed by atoms with E-state index in [4.69, 9.17) is 0 Å². The minimum atomic E-state index is -0.241. The van der Waals surface area contributed by atoms with Crippen molar-refractivity contribution in [3.8, 4) is 0 Å². The summed E-state index contributed by atoms with van der Waals surface area (Å²) < 4.78 is 0. The Morgan fingerprint density at radius 2 is 1.79 bits per heavy atom. The van der Waals surface area contributed by atoms with Crippen LogP contribution in [0.25, 0.3) is 0 Å². The summed E-state index contributed by atoms with van der Waals surface area (Å²) in [5.41, 5.74) is -0.0997. The molecule has 3 nitrogen and oxygen atoms in total. The summed E-state index contributed by atoms with van der Waals surface area (Å²) in [4.78, 5) is 24.6. The van der Waals surface area contributed by atoms with Crippen LogP contribution in [0.15, 0.2) is 0 Å². The van der Waals surface area contributed by atoms with Crippen LogP contribution in [-0.4, -0.2) is 29.2 Å². The lowest BCUT2D eigenvalue weighted by atomic mass is 9.76. The Kier molecular flexibility index (Phi) is 2.70. The van der Waals surface area contributed by atoms with Gasteiger partial charge in [-0.15, -0.1) is 0 Å². The molecular weight excluding hydrogens is 178 g/mol. The minimum absolute atomic E-state index is 0.00243. The Bertz CT molecular complexity index is 270. The number of rotatable bonds is 1. The molecular formula is C11H19NO2. The van der Waals surface area contributed by atoms with Crippen molar-refractivity contribution in [1.82, 2.24) is 4.90 Å². The Labute approximate surface area is 85.5 Å². The van der Waals surface area contributed by atoms with Crippen LogP contribution in [0.4, 0.5) is 0 Å². The van der Waals surface area contributed by atoms with Gasteiger partial charge < -0.3 is 4.90 Å². The fourth-order valence-corrected chi connectivity index (χ4v) is 2.36. The van der Waals surface area contributed by atoms with E-state index in [-0.39, 0.29) is 23.1 Å². The molecule has 0 bridgehead atoms. The van der Waals surface area contributed by atoms with Crippen LogP contribution in [0, 0.1) is 11.3 Å². The second kappa shape index (κ2) is 3.37. The van der Waals surface area contributed by atoms with Crippen LogP contribution in [0.2, 0.25) is 0 Å². The number of carbonyl (C=O) groups is 2. The van der Waals surface area contributed by atoms with Gasteiger partial charge in [0.05, 0.1) is 6.04 Å². The first-order valence-corrected chi connectivity index (χ1v) is 5.06. The third-order valence-corrected chi connectivity index (χ3v) is 3.55. The fraction of sp³-hybridized carbons (Fsp3) is 0.818. The van der Waals surface area contributed by atoms with Crippen molar-refractivity contribution in [3.63, 3.8) is 0 Å². The molecule has 3 heteroatoms. The highest BCUT2D eigenvalue weighted by Gasteiger charge is 2.48. The van der Waals surface area contributed by atoms with Crippen LogP contribution in [0.3, 0.4) is 0 Å². The zero-order valence-corrected chi connectivity index (χ0v) is 9.63. The van der Waals surface area contributed by atoms with Gasteiger partial charge in [0.1, 0.15) is 0 Å². The number of nitrogens with zero attached hydrogens (tertiary/aromatic N) is 1. The first-order chi connectivity index (χ1) is 6.28. The van der Waals surface area contributed by atoms with Gasteiger partial charge in [0.25, 0.3) is 0 Å². The third-order valence-electron chi connectivity index (χ3n) is 3.55. The second-order valence-electron chi connectivity index (χ2n) is 4.91. The van der Waals surface area contributed by atoms with Crippen molar-refractivity contribution in [2.75, 3.05) is 6.54 Å². The van der Waals surface area contributed by atoms with Gasteiger partial charge >= 0.3 is 0 Å². The molecule has 0 aliphatic carbocycles. The molecule has 1 aliphatic heterocycles. The predicted molar refractivity (Wildman–Crippen MR) is 54.8 cm³/mol. The predicted octanol–water partition coefficient (Wildman–Crippen LogP) is 1.47. The van der Waals surface area contributed by atoms with Crippen LogP contribution in [0.5, 0.6) is 0 Å². The topological polar surface area (TPSA) is 37.4 Å². The lowest BCUT2D eigenvalue weighted by Crippen LogP contribution is -2.44. The van der Waals surface area contributed by atoms with Gasteiger partial charge in [-0.3, -0.25) is 9.59 Å². The molecule has 0 aromatic carbocycles. The van der Waals surface area contributed by atoms with E-state index in [1.807, 2.05) is 0 Å². The van der Waals surface area contributed by atoms with Gasteiger partial charge in [-0.1, -0.05) is 20.8 Å². The van der Waals surface area contributed by atoms with Gasteiger partial charge in [-0.25, -0.2) is 0 Å². The van der Waals surface area contributed by atoms with Crippen LogP contribution in [0.1, 0.15) is 34.6 Å². The Morgan fingerprint density at radius 3 is 2.07 bits per heavy atom. The lowest BCUT2D eigenvalue weighted by molar-refractivity contribution is -0.137. The molecule has 0 aromatic rings. The molecule has 0 saturated carbocycles. The summed E-state index contributed by atoms with van der Waals surface area (Å²) in [6.07, 6.45) is 0. The Hall–Kier alpha value is -0.860.